The van der Waals surface area contributed by atoms with Gasteiger partial charge in [0.1, 0.15) is 15.6 Å². The van der Waals surface area contributed by atoms with Gasteiger partial charge in [-0.3, -0.25) is 4.79 Å². The minimum absolute atomic E-state index is 0.0112. The Kier molecular flexibility index (Phi) is 8.98. The van der Waals surface area contributed by atoms with Crippen LogP contribution >= 0.6 is 34.7 Å². The predicted molar refractivity (Wildman–Crippen MR) is 137 cm³/mol. The molecule has 1 N–H and O–H groups in total. The number of anilines is 1. The third kappa shape index (κ3) is 6.00. The fourth-order valence-corrected chi connectivity index (χ4v) is 5.25. The Hall–Kier alpha value is -3.09. The van der Waals surface area contributed by atoms with Crippen LogP contribution in [0.3, 0.4) is 0 Å². The van der Waals surface area contributed by atoms with E-state index >= 15 is 0 Å². The van der Waals surface area contributed by atoms with Crippen molar-refractivity contribution in [1.29, 1.82) is 0 Å². The van der Waals surface area contributed by atoms with Crippen LogP contribution in [0.2, 0.25) is 5.02 Å². The maximum absolute atomic E-state index is 12.7. The minimum atomic E-state index is -0.662. The zero-order valence-electron chi connectivity index (χ0n) is 20.5. The summed E-state index contributed by atoms with van der Waals surface area (Å²) in [5, 5.41) is 12.4. The first-order valence-corrected chi connectivity index (χ1v) is 12.8. The van der Waals surface area contributed by atoms with Gasteiger partial charge in [-0.15, -0.1) is 21.5 Å². The molecule has 0 aliphatic heterocycles. The molecule has 10 nitrogen and oxygen atoms in total. The van der Waals surface area contributed by atoms with Gasteiger partial charge in [-0.05, 0) is 50.1 Å². The summed E-state index contributed by atoms with van der Waals surface area (Å²) < 4.78 is 17.3. The lowest BCUT2D eigenvalue weighted by Crippen LogP contribution is -2.16. The van der Waals surface area contributed by atoms with Crippen molar-refractivity contribution in [3.8, 4) is 5.75 Å². The van der Waals surface area contributed by atoms with Crippen LogP contribution in [0.5, 0.6) is 5.75 Å². The molecular weight excluding hydrogens is 528 g/mol. The van der Waals surface area contributed by atoms with E-state index in [1.54, 1.807) is 30.7 Å². The number of esters is 2. The van der Waals surface area contributed by atoms with Gasteiger partial charge in [0, 0.05) is 12.1 Å². The molecule has 0 aliphatic carbocycles. The summed E-state index contributed by atoms with van der Waals surface area (Å²) in [5.74, 6) is -0.440. The fraction of sp³-hybridized carbons (Fsp3) is 0.348. The van der Waals surface area contributed by atoms with E-state index < -0.39 is 23.9 Å². The summed E-state index contributed by atoms with van der Waals surface area (Å²) >= 11 is 8.19. The molecule has 36 heavy (non-hydrogen) atoms. The summed E-state index contributed by atoms with van der Waals surface area (Å²) in [4.78, 5) is 37.2. The molecule has 1 amide bonds. The van der Waals surface area contributed by atoms with Gasteiger partial charge in [-0.2, -0.15) is 0 Å². The monoisotopic (exact) mass is 552 g/mol. The Bertz CT molecular complexity index is 1310. The lowest BCUT2D eigenvalue weighted by atomic mass is 10.1. The van der Waals surface area contributed by atoms with Gasteiger partial charge >= 0.3 is 11.9 Å². The Morgan fingerprint density at radius 3 is 2.50 bits per heavy atom. The van der Waals surface area contributed by atoms with Gasteiger partial charge in [0.2, 0.25) is 5.91 Å². The number of hydrogen-bond donors (Lipinski definition) is 1. The average molecular weight is 553 g/mol. The minimum Gasteiger partial charge on any atom is -0.483 e. The number of benzene rings is 1. The van der Waals surface area contributed by atoms with Crippen molar-refractivity contribution in [1.82, 2.24) is 14.8 Å². The Morgan fingerprint density at radius 2 is 1.86 bits per heavy atom. The van der Waals surface area contributed by atoms with Crippen molar-refractivity contribution < 1.29 is 28.6 Å². The van der Waals surface area contributed by atoms with Crippen molar-refractivity contribution >= 4 is 57.5 Å². The second kappa shape index (κ2) is 11.8. The second-order valence-electron chi connectivity index (χ2n) is 7.65. The highest BCUT2D eigenvalue weighted by atomic mass is 35.5. The highest BCUT2D eigenvalue weighted by Crippen LogP contribution is 2.34. The second-order valence-corrected chi connectivity index (χ2v) is 10.0. The SMILES string of the molecule is COC(=O)c1sc(NC(=O)CSc2nnc(C(C)Oc3ccc(Cl)c(C)c3)n2C)c(C(=O)OC)c1C. The van der Waals surface area contributed by atoms with Crippen LogP contribution in [0.4, 0.5) is 5.00 Å². The van der Waals surface area contributed by atoms with E-state index in [0.29, 0.717) is 27.3 Å². The molecule has 2 heterocycles. The maximum Gasteiger partial charge on any atom is 0.348 e. The lowest BCUT2D eigenvalue weighted by molar-refractivity contribution is -0.113. The topological polar surface area (TPSA) is 122 Å². The number of hydrogen-bond acceptors (Lipinski definition) is 10. The first kappa shape index (κ1) is 27.5. The number of thioether (sulfide) groups is 1. The first-order chi connectivity index (χ1) is 17.1. The smallest absolute Gasteiger partial charge is 0.348 e. The summed E-state index contributed by atoms with van der Waals surface area (Å²) in [6, 6.07) is 5.39. The van der Waals surface area contributed by atoms with Crippen LogP contribution in [-0.4, -0.2) is 52.6 Å². The lowest BCUT2D eigenvalue weighted by Gasteiger charge is -2.15. The molecule has 0 aliphatic rings. The third-order valence-electron chi connectivity index (χ3n) is 5.17. The molecule has 3 aromatic rings. The molecule has 0 radical (unpaired) electrons. The number of ether oxygens (including phenoxy) is 3. The van der Waals surface area contributed by atoms with Crippen LogP contribution in [0, 0.1) is 13.8 Å². The van der Waals surface area contributed by atoms with Crippen molar-refractivity contribution in [2.45, 2.75) is 32.0 Å². The van der Waals surface area contributed by atoms with Crippen LogP contribution in [0.1, 0.15) is 50.0 Å². The van der Waals surface area contributed by atoms with E-state index in [4.69, 9.17) is 25.8 Å². The fourth-order valence-electron chi connectivity index (χ4n) is 3.28. The van der Waals surface area contributed by atoms with Crippen molar-refractivity contribution in [3.63, 3.8) is 0 Å². The van der Waals surface area contributed by atoms with E-state index in [-0.39, 0.29) is 21.2 Å². The van der Waals surface area contributed by atoms with E-state index in [1.807, 2.05) is 19.9 Å². The molecule has 0 fully saturated rings. The van der Waals surface area contributed by atoms with Crippen LogP contribution < -0.4 is 10.1 Å². The summed E-state index contributed by atoms with van der Waals surface area (Å²) in [6.45, 7) is 5.33. The Labute approximate surface area is 221 Å². The number of nitrogens with zero attached hydrogens (tertiary/aromatic N) is 3. The zero-order valence-corrected chi connectivity index (χ0v) is 22.9. The van der Waals surface area contributed by atoms with E-state index in [0.717, 1.165) is 16.9 Å². The molecule has 0 saturated heterocycles. The standard InChI is InChI=1S/C23H25ClN4O6S2/c1-11-9-14(7-8-15(11)24)34-13(3)19-26-27-23(28(19)4)35-10-16(29)25-20-17(21(30)32-5)12(2)18(36-20)22(31)33-6/h7-9,13H,10H2,1-6H3,(H,25,29). The molecule has 192 valence electrons. The van der Waals surface area contributed by atoms with Gasteiger partial charge in [-0.1, -0.05) is 23.4 Å². The predicted octanol–water partition coefficient (Wildman–Crippen LogP) is 4.59. The molecular formula is C23H25ClN4O6S2. The number of rotatable bonds is 9. The van der Waals surface area contributed by atoms with Gasteiger partial charge < -0.3 is 24.1 Å². The average Bonchev–Trinajstić information content (AvgIpc) is 3.38. The number of carbonyl (C=O) groups is 3. The van der Waals surface area contributed by atoms with Gasteiger partial charge in [-0.25, -0.2) is 9.59 Å². The molecule has 1 unspecified atom stereocenters. The zero-order chi connectivity index (χ0) is 26.6. The van der Waals surface area contributed by atoms with Crippen molar-refractivity contribution in [3.05, 3.63) is 50.6 Å². The van der Waals surface area contributed by atoms with Gasteiger partial charge in [0.25, 0.3) is 0 Å². The van der Waals surface area contributed by atoms with Crippen LogP contribution in [0.15, 0.2) is 23.4 Å². The van der Waals surface area contributed by atoms with Crippen molar-refractivity contribution in [2.75, 3.05) is 25.3 Å². The molecule has 0 bridgehead atoms. The molecule has 1 aromatic carbocycles. The highest BCUT2D eigenvalue weighted by molar-refractivity contribution is 7.99. The normalized spacial score (nSPS) is 11.6. The first-order valence-electron chi connectivity index (χ1n) is 10.6. The maximum atomic E-state index is 12.7. The molecule has 0 saturated carbocycles. The number of amides is 1. The van der Waals surface area contributed by atoms with E-state index in [1.165, 1.54) is 26.0 Å². The number of nitrogens with one attached hydrogen (secondary N) is 1. The van der Waals surface area contributed by atoms with Gasteiger partial charge in [0.15, 0.2) is 17.1 Å². The number of aromatic nitrogens is 3. The molecule has 0 spiro atoms. The molecule has 3 rings (SSSR count). The Morgan fingerprint density at radius 1 is 1.17 bits per heavy atom. The largest absolute Gasteiger partial charge is 0.483 e. The quantitative estimate of drug-likeness (QED) is 0.300. The number of halogens is 1. The summed E-state index contributed by atoms with van der Waals surface area (Å²) in [5.41, 5.74) is 1.40. The number of aryl methyl sites for hydroxylation is 1. The Balaban J connectivity index is 1.68. The summed E-state index contributed by atoms with van der Waals surface area (Å²) in [7, 11) is 4.25. The molecule has 1 atom stereocenters. The number of thiophene rings is 1. The van der Waals surface area contributed by atoms with Crippen LogP contribution in [0.25, 0.3) is 0 Å². The number of carbonyl (C=O) groups excluding carboxylic acids is 3. The van der Waals surface area contributed by atoms with Gasteiger partial charge in [0.05, 0.1) is 25.5 Å². The highest BCUT2D eigenvalue weighted by Gasteiger charge is 2.27. The van der Waals surface area contributed by atoms with E-state index in [2.05, 4.69) is 15.5 Å². The van der Waals surface area contributed by atoms with Crippen molar-refractivity contribution in [2.24, 2.45) is 7.05 Å². The van der Waals surface area contributed by atoms with E-state index in [9.17, 15) is 14.4 Å². The number of methoxy groups -OCH3 is 2. The third-order valence-corrected chi connectivity index (χ3v) is 7.80. The molecule has 2 aromatic heterocycles. The van der Waals surface area contributed by atoms with Crippen LogP contribution in [-0.2, 0) is 21.3 Å². The molecule has 13 heteroatoms. The summed E-state index contributed by atoms with van der Waals surface area (Å²) in [6.07, 6.45) is -0.403.